The van der Waals surface area contributed by atoms with E-state index in [-0.39, 0.29) is 23.4 Å². The molecule has 2 aromatic rings. The van der Waals surface area contributed by atoms with Gasteiger partial charge in [-0.1, -0.05) is 24.3 Å². The molecule has 1 atom stereocenters. The number of hydrogen-bond acceptors (Lipinski definition) is 6. The van der Waals surface area contributed by atoms with E-state index in [0.29, 0.717) is 0 Å². The Kier molecular flexibility index (Phi) is 9.16. The number of carbonyl (C=O) groups is 4. The number of anilines is 1. The molecule has 0 bridgehead atoms. The molecule has 10 heteroatoms. The lowest BCUT2D eigenvalue weighted by atomic mass is 10.0. The topological polar surface area (TPSA) is 123 Å². The molecule has 194 valence electrons. The Bertz CT molecular complexity index is 1120. The fourth-order valence-electron chi connectivity index (χ4n) is 2.96. The summed E-state index contributed by atoms with van der Waals surface area (Å²) < 4.78 is 24.6. The van der Waals surface area contributed by atoms with E-state index in [2.05, 4.69) is 16.0 Å². The molecule has 0 aliphatic carbocycles. The Hall–Kier alpha value is -3.95. The lowest BCUT2D eigenvalue weighted by Crippen LogP contribution is -2.52. The second-order valence-corrected chi connectivity index (χ2v) is 9.93. The van der Waals surface area contributed by atoms with Gasteiger partial charge in [0.15, 0.2) is 5.78 Å². The van der Waals surface area contributed by atoms with Crippen molar-refractivity contribution in [3.8, 4) is 0 Å². The monoisotopic (exact) mass is 501 g/mol. The van der Waals surface area contributed by atoms with Crippen molar-refractivity contribution in [3.05, 3.63) is 65.5 Å². The van der Waals surface area contributed by atoms with Crippen molar-refractivity contribution in [2.24, 2.45) is 0 Å². The molecule has 0 heterocycles. The lowest BCUT2D eigenvalue weighted by molar-refractivity contribution is -0.118. The van der Waals surface area contributed by atoms with Gasteiger partial charge in [-0.05, 0) is 65.8 Å². The molecular weight excluding hydrogens is 469 g/mol. The van der Waals surface area contributed by atoms with E-state index in [0.717, 1.165) is 6.07 Å². The van der Waals surface area contributed by atoms with Gasteiger partial charge in [-0.3, -0.25) is 9.59 Å². The maximum Gasteiger partial charge on any atom is 0.408 e. The van der Waals surface area contributed by atoms with Crippen molar-refractivity contribution in [2.45, 2.75) is 58.8 Å². The minimum atomic E-state index is -1.29. The minimum absolute atomic E-state index is 0.0482. The highest BCUT2D eigenvalue weighted by atomic mass is 19.1. The van der Waals surface area contributed by atoms with Gasteiger partial charge < -0.3 is 25.4 Å². The van der Waals surface area contributed by atoms with Crippen LogP contribution in [0.4, 0.5) is 19.7 Å². The smallest absolute Gasteiger partial charge is 0.408 e. The Morgan fingerprint density at radius 1 is 0.806 bits per heavy atom. The molecule has 3 amide bonds. The van der Waals surface area contributed by atoms with Crippen LogP contribution >= 0.6 is 0 Å². The maximum atomic E-state index is 14.2. The van der Waals surface area contributed by atoms with E-state index in [1.165, 1.54) is 30.3 Å². The van der Waals surface area contributed by atoms with Gasteiger partial charge in [0.05, 0.1) is 17.8 Å². The van der Waals surface area contributed by atoms with Crippen LogP contribution in [-0.4, -0.2) is 47.7 Å². The van der Waals surface area contributed by atoms with E-state index in [1.54, 1.807) is 53.7 Å². The average molecular weight is 502 g/mol. The molecule has 2 rings (SSSR count). The number of rotatable bonds is 7. The fourth-order valence-corrected chi connectivity index (χ4v) is 2.96. The van der Waals surface area contributed by atoms with Crippen LogP contribution in [0.25, 0.3) is 0 Å². The first kappa shape index (κ1) is 28.3. The molecule has 0 radical (unpaired) electrons. The van der Waals surface area contributed by atoms with Crippen molar-refractivity contribution in [2.75, 3.05) is 11.9 Å². The summed E-state index contributed by atoms with van der Waals surface area (Å²) in [5, 5.41) is 7.43. The van der Waals surface area contributed by atoms with E-state index < -0.39 is 46.9 Å². The number of carbonyl (C=O) groups excluding carboxylic acids is 4. The summed E-state index contributed by atoms with van der Waals surface area (Å²) in [6.45, 7) is 9.68. The van der Waals surface area contributed by atoms with Crippen LogP contribution in [0.1, 0.15) is 57.5 Å². The molecule has 36 heavy (non-hydrogen) atoms. The average Bonchev–Trinajstić information content (AvgIpc) is 2.74. The van der Waals surface area contributed by atoms with E-state index in [9.17, 15) is 23.6 Å². The summed E-state index contributed by atoms with van der Waals surface area (Å²) in [6.07, 6.45) is -1.68. The summed E-state index contributed by atoms with van der Waals surface area (Å²) in [7, 11) is 0. The van der Waals surface area contributed by atoms with Crippen LogP contribution in [-0.2, 0) is 14.3 Å². The Balaban J connectivity index is 2.25. The van der Waals surface area contributed by atoms with Gasteiger partial charge in [0, 0.05) is 5.56 Å². The number of para-hydroxylation sites is 1. The molecule has 0 spiro atoms. The van der Waals surface area contributed by atoms with Crippen LogP contribution in [0.2, 0.25) is 0 Å². The van der Waals surface area contributed by atoms with Crippen LogP contribution in [0, 0.1) is 5.82 Å². The Morgan fingerprint density at radius 2 is 1.33 bits per heavy atom. The number of benzene rings is 2. The number of ether oxygens (including phenoxy) is 2. The number of halogens is 1. The molecule has 9 nitrogen and oxygen atoms in total. The van der Waals surface area contributed by atoms with Gasteiger partial charge >= 0.3 is 12.2 Å². The zero-order valence-corrected chi connectivity index (χ0v) is 21.2. The molecule has 2 aromatic carbocycles. The predicted octanol–water partition coefficient (Wildman–Crippen LogP) is 4.41. The number of alkyl carbamates (subject to hydrolysis) is 2. The maximum absolute atomic E-state index is 14.2. The molecule has 0 saturated carbocycles. The highest BCUT2D eigenvalue weighted by molar-refractivity contribution is 6.14. The lowest BCUT2D eigenvalue weighted by Gasteiger charge is -2.24. The number of hydrogen-bond donors (Lipinski definition) is 3. The van der Waals surface area contributed by atoms with Gasteiger partial charge in [0.1, 0.15) is 23.1 Å². The van der Waals surface area contributed by atoms with Crippen molar-refractivity contribution in [1.29, 1.82) is 0 Å². The molecular formula is C26H32FN3O6. The number of nitrogens with one attached hydrogen (secondary N) is 3. The van der Waals surface area contributed by atoms with Crippen molar-refractivity contribution in [1.82, 2.24) is 10.6 Å². The number of amides is 3. The van der Waals surface area contributed by atoms with Crippen LogP contribution in [0.5, 0.6) is 0 Å². The normalized spacial score (nSPS) is 12.2. The third-order valence-corrected chi connectivity index (χ3v) is 4.40. The summed E-state index contributed by atoms with van der Waals surface area (Å²) in [6, 6.07) is 10.3. The van der Waals surface area contributed by atoms with Gasteiger partial charge in [-0.25, -0.2) is 14.0 Å². The van der Waals surface area contributed by atoms with Crippen LogP contribution in [0.3, 0.4) is 0 Å². The second kappa shape index (κ2) is 11.7. The van der Waals surface area contributed by atoms with Gasteiger partial charge in [-0.15, -0.1) is 0 Å². The highest BCUT2D eigenvalue weighted by Crippen LogP contribution is 2.21. The molecule has 0 aliphatic rings. The molecule has 0 aromatic heterocycles. The highest BCUT2D eigenvalue weighted by Gasteiger charge is 2.27. The summed E-state index contributed by atoms with van der Waals surface area (Å²) in [5.74, 6) is -2.08. The molecule has 1 unspecified atom stereocenters. The van der Waals surface area contributed by atoms with Gasteiger partial charge in [0.25, 0.3) is 0 Å². The van der Waals surface area contributed by atoms with Gasteiger partial charge in [0.2, 0.25) is 5.91 Å². The van der Waals surface area contributed by atoms with E-state index in [4.69, 9.17) is 9.47 Å². The minimum Gasteiger partial charge on any atom is -0.444 e. The van der Waals surface area contributed by atoms with E-state index >= 15 is 0 Å². The summed E-state index contributed by atoms with van der Waals surface area (Å²) in [5.41, 5.74) is -1.61. The predicted molar refractivity (Wildman–Crippen MR) is 132 cm³/mol. The first-order valence-corrected chi connectivity index (χ1v) is 11.3. The Labute approximate surface area is 209 Å². The Morgan fingerprint density at radius 3 is 1.92 bits per heavy atom. The molecule has 0 fully saturated rings. The van der Waals surface area contributed by atoms with Crippen LogP contribution < -0.4 is 16.0 Å². The zero-order valence-electron chi connectivity index (χ0n) is 21.2. The molecule has 0 saturated heterocycles. The SMILES string of the molecule is CC(C)(C)OC(=O)NCC(NC(=O)OC(C)(C)C)C(=O)Nc1ccccc1C(=O)c1ccccc1F. The molecule has 3 N–H and O–H groups in total. The van der Waals surface area contributed by atoms with Crippen LogP contribution in [0.15, 0.2) is 48.5 Å². The van der Waals surface area contributed by atoms with Crippen molar-refractivity contribution in [3.63, 3.8) is 0 Å². The number of ketones is 1. The quantitative estimate of drug-likeness (QED) is 0.483. The van der Waals surface area contributed by atoms with Gasteiger partial charge in [-0.2, -0.15) is 0 Å². The second-order valence-electron chi connectivity index (χ2n) is 9.93. The summed E-state index contributed by atoms with van der Waals surface area (Å²) in [4.78, 5) is 50.5. The van der Waals surface area contributed by atoms with Crippen molar-refractivity contribution < 1.29 is 33.0 Å². The molecule has 0 aliphatic heterocycles. The standard InChI is InChI=1S/C26H32FN3O6/c1-25(2,3)35-23(33)28-15-20(30-24(34)36-26(4,5)6)22(32)29-19-14-10-8-12-17(19)21(31)16-11-7-9-13-18(16)27/h7-14,20H,15H2,1-6H3,(H,28,33)(H,29,32)(H,30,34). The third kappa shape index (κ3) is 9.01. The summed E-state index contributed by atoms with van der Waals surface area (Å²) >= 11 is 0. The fraction of sp³-hybridized carbons (Fsp3) is 0.385. The van der Waals surface area contributed by atoms with Crippen molar-refractivity contribution >= 4 is 29.6 Å². The largest absolute Gasteiger partial charge is 0.444 e. The third-order valence-electron chi connectivity index (χ3n) is 4.40. The van der Waals surface area contributed by atoms with E-state index in [1.807, 2.05) is 0 Å². The zero-order chi connectivity index (χ0) is 27.1. The first-order valence-electron chi connectivity index (χ1n) is 11.3. The first-order chi connectivity index (χ1) is 16.7.